The molecule has 1 saturated heterocycles. The number of hydrogen-bond donors (Lipinski definition) is 1. The van der Waals surface area contributed by atoms with Gasteiger partial charge in [-0.05, 0) is 26.0 Å². The van der Waals surface area contributed by atoms with Gasteiger partial charge in [-0.3, -0.25) is 9.59 Å². The summed E-state index contributed by atoms with van der Waals surface area (Å²) in [5.74, 6) is -0.187. The van der Waals surface area contributed by atoms with E-state index in [0.29, 0.717) is 17.9 Å². The predicted molar refractivity (Wildman–Crippen MR) is 74.5 cm³/mol. The number of hydrogen-bond acceptors (Lipinski definition) is 4. The largest absolute Gasteiger partial charge is 0.497 e. The number of anilines is 1. The summed E-state index contributed by atoms with van der Waals surface area (Å²) in [7, 11) is 1.57. The van der Waals surface area contributed by atoms with E-state index in [0.717, 1.165) is 0 Å². The van der Waals surface area contributed by atoms with Crippen LogP contribution in [0.15, 0.2) is 24.3 Å². The smallest absolute Gasteiger partial charge is 0.310 e. The number of rotatable bonds is 4. The number of carbonyl (C=O) groups excluding carboxylic acids is 2. The predicted octanol–water partition coefficient (Wildman–Crippen LogP) is 2.37. The quantitative estimate of drug-likeness (QED) is 0.858. The maximum atomic E-state index is 12.0. The highest BCUT2D eigenvalue weighted by Crippen LogP contribution is 2.32. The molecule has 1 aromatic rings. The van der Waals surface area contributed by atoms with Crippen LogP contribution in [-0.4, -0.2) is 24.6 Å². The molecule has 1 unspecified atom stereocenters. The summed E-state index contributed by atoms with van der Waals surface area (Å²) in [5, 5.41) is 2.76. The van der Waals surface area contributed by atoms with Crippen molar-refractivity contribution in [3.8, 4) is 5.75 Å². The summed E-state index contributed by atoms with van der Waals surface area (Å²) >= 11 is 0. The lowest BCUT2D eigenvalue weighted by molar-refractivity contribution is -0.149. The molecule has 0 radical (unpaired) electrons. The third-order valence-electron chi connectivity index (χ3n) is 3.23. The third-order valence-corrected chi connectivity index (χ3v) is 3.23. The number of nitrogens with one attached hydrogen (secondary N) is 1. The molecule has 2 rings (SSSR count). The van der Waals surface area contributed by atoms with E-state index in [-0.39, 0.29) is 24.2 Å². The Morgan fingerprint density at radius 3 is 2.85 bits per heavy atom. The van der Waals surface area contributed by atoms with Crippen LogP contribution in [0, 0.1) is 5.92 Å². The minimum Gasteiger partial charge on any atom is -0.497 e. The minimum atomic E-state index is -0.474. The standard InChI is InChI=1S/C15H19NO4/c1-15(2)9-10(14(18)20-15)7-13(17)16-11-5-4-6-12(8-11)19-3/h4-6,8,10H,7,9H2,1-3H3,(H,16,17). The molecule has 0 saturated carbocycles. The topological polar surface area (TPSA) is 64.6 Å². The Morgan fingerprint density at radius 2 is 2.25 bits per heavy atom. The average molecular weight is 277 g/mol. The van der Waals surface area contributed by atoms with Crippen LogP contribution in [0.3, 0.4) is 0 Å². The number of ether oxygens (including phenoxy) is 2. The molecule has 1 atom stereocenters. The molecule has 108 valence electrons. The fraction of sp³-hybridized carbons (Fsp3) is 0.467. The number of carbonyl (C=O) groups is 2. The molecular formula is C15H19NO4. The molecule has 1 fully saturated rings. The van der Waals surface area contributed by atoms with E-state index in [1.165, 1.54) is 0 Å². The van der Waals surface area contributed by atoms with Gasteiger partial charge in [0.1, 0.15) is 11.4 Å². The second-order valence-corrected chi connectivity index (χ2v) is 5.57. The molecular weight excluding hydrogens is 258 g/mol. The molecule has 1 aliphatic rings. The van der Waals surface area contributed by atoms with Gasteiger partial charge in [0.25, 0.3) is 0 Å². The molecule has 1 aliphatic heterocycles. The average Bonchev–Trinajstić information content (AvgIpc) is 2.62. The van der Waals surface area contributed by atoms with E-state index in [1.807, 2.05) is 13.8 Å². The van der Waals surface area contributed by atoms with E-state index in [2.05, 4.69) is 5.32 Å². The highest BCUT2D eigenvalue weighted by Gasteiger charge is 2.40. The van der Waals surface area contributed by atoms with Crippen LogP contribution in [-0.2, 0) is 14.3 Å². The number of methoxy groups -OCH3 is 1. The number of benzene rings is 1. The molecule has 0 aromatic heterocycles. The Labute approximate surface area is 118 Å². The van der Waals surface area contributed by atoms with E-state index >= 15 is 0 Å². The van der Waals surface area contributed by atoms with Crippen molar-refractivity contribution in [1.29, 1.82) is 0 Å². The third kappa shape index (κ3) is 3.50. The van der Waals surface area contributed by atoms with Crippen LogP contribution < -0.4 is 10.1 Å². The van der Waals surface area contributed by atoms with E-state index in [9.17, 15) is 9.59 Å². The molecule has 20 heavy (non-hydrogen) atoms. The summed E-state index contributed by atoms with van der Waals surface area (Å²) in [5.41, 5.74) is 0.179. The van der Waals surface area contributed by atoms with Crippen LogP contribution in [0.2, 0.25) is 0 Å². The highest BCUT2D eigenvalue weighted by molar-refractivity contribution is 5.93. The molecule has 5 nitrogen and oxygen atoms in total. The van der Waals surface area contributed by atoms with Crippen molar-refractivity contribution in [3.63, 3.8) is 0 Å². The Hall–Kier alpha value is -2.04. The van der Waals surface area contributed by atoms with Gasteiger partial charge in [0.2, 0.25) is 5.91 Å². The van der Waals surface area contributed by atoms with Crippen LogP contribution in [0.25, 0.3) is 0 Å². The summed E-state index contributed by atoms with van der Waals surface area (Å²) in [6.07, 6.45) is 0.705. The number of cyclic esters (lactones) is 1. The van der Waals surface area contributed by atoms with Gasteiger partial charge in [-0.2, -0.15) is 0 Å². The van der Waals surface area contributed by atoms with Gasteiger partial charge in [0.15, 0.2) is 0 Å². The molecule has 1 heterocycles. The lowest BCUT2D eigenvalue weighted by atomic mass is 9.94. The minimum absolute atomic E-state index is 0.138. The zero-order valence-corrected chi connectivity index (χ0v) is 11.9. The summed E-state index contributed by atoms with van der Waals surface area (Å²) < 4.78 is 10.3. The monoisotopic (exact) mass is 277 g/mol. The van der Waals surface area contributed by atoms with Gasteiger partial charge in [0, 0.05) is 24.6 Å². The van der Waals surface area contributed by atoms with Crippen molar-refractivity contribution < 1.29 is 19.1 Å². The first kappa shape index (κ1) is 14.4. The summed E-state index contributed by atoms with van der Waals surface area (Å²) in [6, 6.07) is 7.10. The van der Waals surface area contributed by atoms with Crippen molar-refractivity contribution >= 4 is 17.6 Å². The highest BCUT2D eigenvalue weighted by atomic mass is 16.6. The first-order chi connectivity index (χ1) is 9.39. The molecule has 0 spiro atoms. The van der Waals surface area contributed by atoms with Crippen LogP contribution in [0.5, 0.6) is 5.75 Å². The maximum Gasteiger partial charge on any atom is 0.310 e. The Morgan fingerprint density at radius 1 is 1.50 bits per heavy atom. The van der Waals surface area contributed by atoms with Crippen molar-refractivity contribution in [1.82, 2.24) is 0 Å². The first-order valence-corrected chi connectivity index (χ1v) is 6.56. The summed E-state index contributed by atoms with van der Waals surface area (Å²) in [4.78, 5) is 23.6. The zero-order valence-electron chi connectivity index (χ0n) is 11.9. The van der Waals surface area contributed by atoms with Gasteiger partial charge in [-0.25, -0.2) is 0 Å². The second-order valence-electron chi connectivity index (χ2n) is 5.57. The number of esters is 1. The fourth-order valence-electron chi connectivity index (χ4n) is 2.37. The van der Waals surface area contributed by atoms with Crippen molar-refractivity contribution in [2.75, 3.05) is 12.4 Å². The van der Waals surface area contributed by atoms with Gasteiger partial charge < -0.3 is 14.8 Å². The fourth-order valence-corrected chi connectivity index (χ4v) is 2.37. The first-order valence-electron chi connectivity index (χ1n) is 6.56. The zero-order chi connectivity index (χ0) is 14.8. The molecule has 5 heteroatoms. The Bertz CT molecular complexity index is 524. The van der Waals surface area contributed by atoms with Gasteiger partial charge in [-0.1, -0.05) is 6.07 Å². The van der Waals surface area contributed by atoms with Crippen LogP contribution >= 0.6 is 0 Å². The van der Waals surface area contributed by atoms with Crippen LogP contribution in [0.4, 0.5) is 5.69 Å². The van der Waals surface area contributed by atoms with E-state index < -0.39 is 5.60 Å². The molecule has 1 amide bonds. The Kier molecular flexibility index (Phi) is 3.97. The van der Waals surface area contributed by atoms with E-state index in [4.69, 9.17) is 9.47 Å². The maximum absolute atomic E-state index is 12.0. The van der Waals surface area contributed by atoms with Gasteiger partial charge >= 0.3 is 5.97 Å². The molecule has 0 aliphatic carbocycles. The van der Waals surface area contributed by atoms with Crippen LogP contribution in [0.1, 0.15) is 26.7 Å². The van der Waals surface area contributed by atoms with Crippen molar-refractivity contribution in [2.24, 2.45) is 5.92 Å². The van der Waals surface area contributed by atoms with Gasteiger partial charge in [-0.15, -0.1) is 0 Å². The molecule has 1 N–H and O–H groups in total. The summed E-state index contributed by atoms with van der Waals surface area (Å²) in [6.45, 7) is 3.70. The normalized spacial score (nSPS) is 20.4. The lowest BCUT2D eigenvalue weighted by Gasteiger charge is -2.14. The van der Waals surface area contributed by atoms with E-state index in [1.54, 1.807) is 31.4 Å². The van der Waals surface area contributed by atoms with Crippen molar-refractivity contribution in [3.05, 3.63) is 24.3 Å². The van der Waals surface area contributed by atoms with Gasteiger partial charge in [0.05, 0.1) is 13.0 Å². The van der Waals surface area contributed by atoms with Crippen molar-refractivity contribution in [2.45, 2.75) is 32.3 Å². The molecule has 0 bridgehead atoms. The lowest BCUT2D eigenvalue weighted by Crippen LogP contribution is -2.19. The SMILES string of the molecule is COc1cccc(NC(=O)CC2CC(C)(C)OC2=O)c1. The Balaban J connectivity index is 1.94. The molecule has 1 aromatic carbocycles. The number of amides is 1. The second kappa shape index (κ2) is 5.53.